The number of anilines is 1. The van der Waals surface area contributed by atoms with E-state index in [-0.39, 0.29) is 30.4 Å². The first-order chi connectivity index (χ1) is 18.4. The first-order valence-corrected chi connectivity index (χ1v) is 12.7. The highest BCUT2D eigenvalue weighted by Gasteiger charge is 2.28. The van der Waals surface area contributed by atoms with Crippen LogP contribution in [0, 0.1) is 18.7 Å². The average Bonchev–Trinajstić information content (AvgIpc) is 2.86. The molecule has 1 aromatic carbocycles. The molecule has 0 unspecified atom stereocenters. The summed E-state index contributed by atoms with van der Waals surface area (Å²) in [6, 6.07) is 8.51. The smallest absolute Gasteiger partial charge is 0.410 e. The minimum Gasteiger partial charge on any atom is -0.477 e. The van der Waals surface area contributed by atoms with Gasteiger partial charge in [0.25, 0.3) is 6.43 Å². The first kappa shape index (κ1) is 28.1. The molecule has 0 spiro atoms. The minimum absolute atomic E-state index is 0.0762. The van der Waals surface area contributed by atoms with Crippen molar-refractivity contribution < 1.29 is 27.4 Å². The summed E-state index contributed by atoms with van der Waals surface area (Å²) in [4.78, 5) is 26.7. The number of amides is 1. The largest absolute Gasteiger partial charge is 0.477 e. The van der Waals surface area contributed by atoms with Gasteiger partial charge in [0.2, 0.25) is 11.8 Å². The normalized spacial score (nSPS) is 14.5. The van der Waals surface area contributed by atoms with Crippen LogP contribution in [0.1, 0.15) is 51.4 Å². The van der Waals surface area contributed by atoms with Crippen LogP contribution in [-0.2, 0) is 4.74 Å². The van der Waals surface area contributed by atoms with E-state index in [9.17, 15) is 18.0 Å². The highest BCUT2D eigenvalue weighted by Crippen LogP contribution is 2.39. The minimum atomic E-state index is -2.79. The lowest BCUT2D eigenvalue weighted by Gasteiger charge is -2.33. The Bertz CT molecular complexity index is 1320. The molecule has 39 heavy (non-hydrogen) atoms. The van der Waals surface area contributed by atoms with Crippen molar-refractivity contribution in [3.05, 3.63) is 53.6 Å². The fourth-order valence-corrected chi connectivity index (χ4v) is 4.39. The molecule has 1 saturated heterocycles. The number of aromatic nitrogens is 3. The van der Waals surface area contributed by atoms with Crippen LogP contribution in [0.15, 0.2) is 36.4 Å². The number of nitrogens with two attached hydrogens (primary N) is 1. The number of ether oxygens (including phenoxy) is 2. The Labute approximate surface area is 225 Å². The molecular weight excluding hydrogens is 511 g/mol. The molecule has 1 aliphatic rings. The summed E-state index contributed by atoms with van der Waals surface area (Å²) in [5.41, 5.74) is 7.02. The lowest BCUT2D eigenvalue weighted by atomic mass is 9.97. The van der Waals surface area contributed by atoms with Gasteiger partial charge in [-0.1, -0.05) is 0 Å². The van der Waals surface area contributed by atoms with Gasteiger partial charge in [0.1, 0.15) is 17.1 Å². The van der Waals surface area contributed by atoms with Crippen LogP contribution in [0.3, 0.4) is 0 Å². The predicted molar refractivity (Wildman–Crippen MR) is 141 cm³/mol. The fraction of sp³-hybridized carbons (Fsp3) is 0.429. The van der Waals surface area contributed by atoms with Crippen molar-refractivity contribution in [2.45, 2.75) is 52.6 Å². The van der Waals surface area contributed by atoms with Gasteiger partial charge in [0.05, 0.1) is 17.9 Å². The Kier molecular flexibility index (Phi) is 8.27. The number of carbonyl (C=O) groups is 1. The fourth-order valence-electron chi connectivity index (χ4n) is 4.39. The molecule has 1 fully saturated rings. The summed E-state index contributed by atoms with van der Waals surface area (Å²) < 4.78 is 52.5. The Morgan fingerprint density at radius 3 is 2.36 bits per heavy atom. The molecule has 1 aliphatic heterocycles. The molecule has 0 saturated carbocycles. The van der Waals surface area contributed by atoms with Crippen LogP contribution >= 0.6 is 0 Å². The number of nitrogen functional groups attached to an aromatic ring is 1. The van der Waals surface area contributed by atoms with Gasteiger partial charge in [-0.3, -0.25) is 4.98 Å². The maximum absolute atomic E-state index is 13.7. The van der Waals surface area contributed by atoms with E-state index in [1.807, 2.05) is 20.8 Å². The van der Waals surface area contributed by atoms with Crippen molar-refractivity contribution in [3.8, 4) is 28.3 Å². The van der Waals surface area contributed by atoms with Crippen LogP contribution in [0.2, 0.25) is 0 Å². The molecule has 0 atom stereocenters. The topological polar surface area (TPSA) is 103 Å². The number of halogens is 3. The summed E-state index contributed by atoms with van der Waals surface area (Å²) in [7, 11) is 0. The lowest BCUT2D eigenvalue weighted by molar-refractivity contribution is 0.0164. The van der Waals surface area contributed by atoms with E-state index >= 15 is 0 Å². The summed E-state index contributed by atoms with van der Waals surface area (Å²) in [5, 5.41) is 0. The molecule has 1 amide bonds. The molecule has 208 valence electrons. The third-order valence-corrected chi connectivity index (χ3v) is 6.22. The number of piperidine rings is 1. The Balaban J connectivity index is 1.63. The number of hydrogen-bond donors (Lipinski definition) is 1. The third-order valence-electron chi connectivity index (χ3n) is 6.22. The standard InChI is InChI=1S/C28H32F3N5O3/c1-16-13-19(14-21(33-16)24(30)31)22-23(18-5-7-20(29)8-6-18)34-26(32)35-25(22)38-15-17-9-11-36(12-10-17)27(37)39-28(2,3)4/h5-8,13-14,17,24H,9-12,15H2,1-4H3,(H2,32,34,35). The zero-order chi connectivity index (χ0) is 28.3. The molecule has 4 rings (SSSR count). The second-order valence-electron chi connectivity index (χ2n) is 10.6. The average molecular weight is 544 g/mol. The van der Waals surface area contributed by atoms with E-state index in [0.29, 0.717) is 54.0 Å². The number of pyridine rings is 1. The number of rotatable bonds is 6. The molecule has 2 N–H and O–H groups in total. The van der Waals surface area contributed by atoms with E-state index in [1.165, 1.54) is 30.3 Å². The summed E-state index contributed by atoms with van der Waals surface area (Å²) in [5.74, 6) is -0.274. The van der Waals surface area contributed by atoms with Gasteiger partial charge < -0.3 is 20.1 Å². The Morgan fingerprint density at radius 2 is 1.74 bits per heavy atom. The van der Waals surface area contributed by atoms with E-state index in [1.54, 1.807) is 17.9 Å². The molecule has 11 heteroatoms. The zero-order valence-electron chi connectivity index (χ0n) is 22.4. The van der Waals surface area contributed by atoms with Gasteiger partial charge in [-0.15, -0.1) is 0 Å². The van der Waals surface area contributed by atoms with Crippen LogP contribution in [0.4, 0.5) is 23.9 Å². The van der Waals surface area contributed by atoms with Crippen LogP contribution in [-0.4, -0.2) is 51.2 Å². The summed E-state index contributed by atoms with van der Waals surface area (Å²) >= 11 is 0. The van der Waals surface area contributed by atoms with Crippen molar-refractivity contribution in [2.24, 2.45) is 5.92 Å². The lowest BCUT2D eigenvalue weighted by Crippen LogP contribution is -2.42. The van der Waals surface area contributed by atoms with Crippen LogP contribution in [0.5, 0.6) is 5.88 Å². The van der Waals surface area contributed by atoms with E-state index in [2.05, 4.69) is 15.0 Å². The van der Waals surface area contributed by atoms with Gasteiger partial charge in [-0.25, -0.2) is 22.9 Å². The van der Waals surface area contributed by atoms with Crippen molar-refractivity contribution in [1.29, 1.82) is 0 Å². The highest BCUT2D eigenvalue weighted by atomic mass is 19.3. The molecule has 0 bridgehead atoms. The highest BCUT2D eigenvalue weighted by molar-refractivity contribution is 5.85. The molecule has 2 aromatic heterocycles. The maximum Gasteiger partial charge on any atom is 0.410 e. The molecular formula is C28H32F3N5O3. The van der Waals surface area contributed by atoms with Gasteiger partial charge in [0, 0.05) is 24.3 Å². The van der Waals surface area contributed by atoms with Crippen LogP contribution in [0.25, 0.3) is 22.4 Å². The van der Waals surface area contributed by atoms with Crippen molar-refractivity contribution in [3.63, 3.8) is 0 Å². The van der Waals surface area contributed by atoms with Crippen LogP contribution < -0.4 is 10.5 Å². The third kappa shape index (κ3) is 7.15. The molecule has 3 aromatic rings. The predicted octanol–water partition coefficient (Wildman–Crippen LogP) is 6.20. The molecule has 8 nitrogen and oxygen atoms in total. The van der Waals surface area contributed by atoms with Crippen molar-refractivity contribution in [2.75, 3.05) is 25.4 Å². The second kappa shape index (κ2) is 11.5. The first-order valence-electron chi connectivity index (χ1n) is 12.7. The number of benzene rings is 1. The number of aryl methyl sites for hydroxylation is 1. The van der Waals surface area contributed by atoms with Crippen molar-refractivity contribution >= 4 is 12.0 Å². The molecule has 3 heterocycles. The molecule has 0 aliphatic carbocycles. The SMILES string of the molecule is Cc1cc(-c2c(OCC3CCN(C(=O)OC(C)(C)C)CC3)nc(N)nc2-c2ccc(F)cc2)cc(C(F)F)n1. The number of nitrogens with zero attached hydrogens (tertiary/aromatic N) is 4. The van der Waals surface area contributed by atoms with E-state index < -0.39 is 23.5 Å². The number of likely N-dealkylation sites (tertiary alicyclic amines) is 1. The zero-order valence-corrected chi connectivity index (χ0v) is 22.4. The van der Waals surface area contributed by atoms with Gasteiger partial charge in [-0.2, -0.15) is 4.98 Å². The number of hydrogen-bond acceptors (Lipinski definition) is 7. The monoisotopic (exact) mass is 543 g/mol. The quantitative estimate of drug-likeness (QED) is 0.395. The Hall–Kier alpha value is -3.89. The van der Waals surface area contributed by atoms with Gasteiger partial charge in [0.15, 0.2) is 0 Å². The number of alkyl halides is 2. The maximum atomic E-state index is 13.7. The second-order valence-corrected chi connectivity index (χ2v) is 10.6. The van der Waals surface area contributed by atoms with Crippen molar-refractivity contribution in [1.82, 2.24) is 19.9 Å². The number of carbonyl (C=O) groups excluding carboxylic acids is 1. The van der Waals surface area contributed by atoms with E-state index in [0.717, 1.165) is 0 Å². The van der Waals surface area contributed by atoms with Gasteiger partial charge >= 0.3 is 6.09 Å². The summed E-state index contributed by atoms with van der Waals surface area (Å²) in [6.07, 6.45) is -1.76. The Morgan fingerprint density at radius 1 is 1.08 bits per heavy atom. The van der Waals surface area contributed by atoms with Gasteiger partial charge in [-0.05, 0) is 88.4 Å². The molecule has 0 radical (unpaired) electrons. The summed E-state index contributed by atoms with van der Waals surface area (Å²) in [6.45, 7) is 8.39. The van der Waals surface area contributed by atoms with E-state index in [4.69, 9.17) is 15.2 Å².